The number of aromatic nitrogens is 2. The number of rotatable bonds is 10. The van der Waals surface area contributed by atoms with E-state index in [9.17, 15) is 14.4 Å². The highest BCUT2D eigenvalue weighted by Gasteiger charge is 2.45. The number of nitrogens with one attached hydrogen (secondary N) is 3. The molecule has 1 saturated carbocycles. The Labute approximate surface area is 232 Å². The summed E-state index contributed by atoms with van der Waals surface area (Å²) in [6, 6.07) is 9.55. The van der Waals surface area contributed by atoms with Crippen LogP contribution in [-0.4, -0.2) is 51.3 Å². The predicted molar refractivity (Wildman–Crippen MR) is 155 cm³/mol. The molecule has 0 bridgehead atoms. The van der Waals surface area contributed by atoms with Crippen molar-refractivity contribution in [3.8, 4) is 10.6 Å². The Hall–Kier alpha value is -3.53. The molecule has 4 amide bonds. The van der Waals surface area contributed by atoms with E-state index in [1.807, 2.05) is 24.3 Å². The maximum atomic E-state index is 12.5. The zero-order valence-corrected chi connectivity index (χ0v) is 23.4. The molecule has 206 valence electrons. The van der Waals surface area contributed by atoms with Gasteiger partial charge in [0.15, 0.2) is 0 Å². The van der Waals surface area contributed by atoms with Crippen LogP contribution in [0.4, 0.5) is 16.4 Å². The lowest BCUT2D eigenvalue weighted by Gasteiger charge is -2.27. The first-order valence-corrected chi connectivity index (χ1v) is 14.6. The maximum Gasteiger partial charge on any atom is 0.325 e. The van der Waals surface area contributed by atoms with E-state index in [0.29, 0.717) is 25.5 Å². The van der Waals surface area contributed by atoms with Crippen molar-refractivity contribution >= 4 is 50.9 Å². The van der Waals surface area contributed by atoms with Crippen LogP contribution in [-0.2, 0) is 9.59 Å². The highest BCUT2D eigenvalue weighted by atomic mass is 32.1. The second-order valence-electron chi connectivity index (χ2n) is 11.0. The van der Waals surface area contributed by atoms with Crippen LogP contribution in [0.15, 0.2) is 36.5 Å². The van der Waals surface area contributed by atoms with Crippen molar-refractivity contribution in [1.82, 2.24) is 20.2 Å². The summed E-state index contributed by atoms with van der Waals surface area (Å²) in [5.74, 6) is 1.03. The number of imide groups is 1. The molecular weight excluding hydrogens is 512 g/mol. The molecule has 2 aliphatic rings. The number of nitrogens with zero attached hydrogens (tertiary/aromatic N) is 3. The summed E-state index contributed by atoms with van der Waals surface area (Å²) in [7, 11) is 0. The van der Waals surface area contributed by atoms with Crippen molar-refractivity contribution in [2.45, 2.75) is 70.8 Å². The standard InChI is InChI=1S/C29H36N6O3S/c1-29(2)26(37)34-28(38)35(29)16-15-31-27-30-14-13-22(33-27)24-18-20-17-21(11-12-23(20)39-24)32-25(36)10-6-9-19-7-4-3-5-8-19/h11-14,17-19H,3-10,15-16H2,1-2H3,(H,32,36)(H,30,31,33)(H,34,37,38). The van der Waals surface area contributed by atoms with Crippen molar-refractivity contribution in [3.05, 3.63) is 36.5 Å². The molecule has 1 aliphatic heterocycles. The van der Waals surface area contributed by atoms with E-state index < -0.39 is 5.54 Å². The lowest BCUT2D eigenvalue weighted by molar-refractivity contribution is -0.125. The molecule has 0 atom stereocenters. The molecule has 3 N–H and O–H groups in total. The smallest absolute Gasteiger partial charge is 0.325 e. The second kappa shape index (κ2) is 11.7. The molecule has 1 aliphatic carbocycles. The Morgan fingerprint density at radius 3 is 2.74 bits per heavy atom. The van der Waals surface area contributed by atoms with Crippen molar-refractivity contribution in [2.24, 2.45) is 5.92 Å². The van der Waals surface area contributed by atoms with Crippen molar-refractivity contribution < 1.29 is 14.4 Å². The van der Waals surface area contributed by atoms with Gasteiger partial charge in [-0.2, -0.15) is 0 Å². The summed E-state index contributed by atoms with van der Waals surface area (Å²) in [4.78, 5) is 48.0. The summed E-state index contributed by atoms with van der Waals surface area (Å²) in [6.07, 6.45) is 11.1. The molecule has 2 aromatic heterocycles. The lowest BCUT2D eigenvalue weighted by Crippen LogP contribution is -2.46. The third kappa shape index (κ3) is 6.38. The minimum absolute atomic E-state index is 0.0753. The monoisotopic (exact) mass is 548 g/mol. The molecule has 39 heavy (non-hydrogen) atoms. The predicted octanol–water partition coefficient (Wildman–Crippen LogP) is 5.79. The summed E-state index contributed by atoms with van der Waals surface area (Å²) < 4.78 is 1.11. The Morgan fingerprint density at radius 2 is 1.97 bits per heavy atom. The lowest BCUT2D eigenvalue weighted by atomic mass is 9.86. The Morgan fingerprint density at radius 1 is 1.15 bits per heavy atom. The highest BCUT2D eigenvalue weighted by molar-refractivity contribution is 7.22. The van der Waals surface area contributed by atoms with Crippen LogP contribution in [0.2, 0.25) is 0 Å². The third-order valence-corrected chi connectivity index (χ3v) is 8.90. The van der Waals surface area contributed by atoms with E-state index in [4.69, 9.17) is 0 Å². The van der Waals surface area contributed by atoms with E-state index in [-0.39, 0.29) is 17.8 Å². The zero-order valence-electron chi connectivity index (χ0n) is 22.6. The second-order valence-corrected chi connectivity index (χ2v) is 12.1. The number of hydrogen-bond acceptors (Lipinski definition) is 7. The fraction of sp³-hybridized carbons (Fsp3) is 0.483. The van der Waals surface area contributed by atoms with Crippen LogP contribution in [0.3, 0.4) is 0 Å². The van der Waals surface area contributed by atoms with E-state index in [2.05, 4.69) is 32.0 Å². The van der Waals surface area contributed by atoms with Crippen LogP contribution < -0.4 is 16.0 Å². The molecule has 1 saturated heterocycles. The molecule has 3 heterocycles. The van der Waals surface area contributed by atoms with Gasteiger partial charge in [0.25, 0.3) is 5.91 Å². The average molecular weight is 549 g/mol. The molecule has 0 radical (unpaired) electrons. The largest absolute Gasteiger partial charge is 0.352 e. The van der Waals surface area contributed by atoms with E-state index >= 15 is 0 Å². The molecule has 0 unspecified atom stereocenters. The molecule has 0 spiro atoms. The molecular formula is C29H36N6O3S. The van der Waals surface area contributed by atoms with Gasteiger partial charge in [0.1, 0.15) is 5.54 Å². The van der Waals surface area contributed by atoms with Gasteiger partial charge in [-0.05, 0) is 68.3 Å². The van der Waals surface area contributed by atoms with Crippen LogP contribution in [0.25, 0.3) is 20.7 Å². The van der Waals surface area contributed by atoms with Gasteiger partial charge in [0, 0.05) is 36.1 Å². The summed E-state index contributed by atoms with van der Waals surface area (Å²) in [5, 5.41) is 9.63. The van der Waals surface area contributed by atoms with E-state index in [0.717, 1.165) is 45.1 Å². The van der Waals surface area contributed by atoms with Crippen molar-refractivity contribution in [3.63, 3.8) is 0 Å². The van der Waals surface area contributed by atoms with Gasteiger partial charge < -0.3 is 15.5 Å². The summed E-state index contributed by atoms with van der Waals surface area (Å²) in [6.45, 7) is 4.20. The number of thiophene rings is 1. The quantitative estimate of drug-likeness (QED) is 0.276. The topological polar surface area (TPSA) is 116 Å². The number of carbonyl (C=O) groups excluding carboxylic acids is 3. The molecule has 5 rings (SSSR count). The van der Waals surface area contributed by atoms with Gasteiger partial charge in [-0.15, -0.1) is 11.3 Å². The van der Waals surface area contributed by atoms with E-state index in [1.165, 1.54) is 37.0 Å². The third-order valence-electron chi connectivity index (χ3n) is 7.76. The average Bonchev–Trinajstić information content (AvgIpc) is 3.43. The zero-order chi connectivity index (χ0) is 27.4. The summed E-state index contributed by atoms with van der Waals surface area (Å²) >= 11 is 1.63. The van der Waals surface area contributed by atoms with Crippen LogP contribution >= 0.6 is 11.3 Å². The van der Waals surface area contributed by atoms with Crippen LogP contribution in [0, 0.1) is 5.92 Å². The van der Waals surface area contributed by atoms with Gasteiger partial charge in [-0.1, -0.05) is 32.1 Å². The molecule has 9 nitrogen and oxygen atoms in total. The first-order chi connectivity index (χ1) is 18.8. The van der Waals surface area contributed by atoms with Gasteiger partial charge in [0.2, 0.25) is 11.9 Å². The highest BCUT2D eigenvalue weighted by Crippen LogP contribution is 2.34. The number of amides is 4. The molecule has 2 fully saturated rings. The van der Waals surface area contributed by atoms with Gasteiger partial charge in [0.05, 0.1) is 10.6 Å². The molecule has 10 heteroatoms. The number of benzene rings is 1. The van der Waals surface area contributed by atoms with Crippen LogP contribution in [0.5, 0.6) is 0 Å². The van der Waals surface area contributed by atoms with Gasteiger partial charge >= 0.3 is 6.03 Å². The minimum Gasteiger partial charge on any atom is -0.352 e. The normalized spacial score (nSPS) is 17.4. The number of carbonyl (C=O) groups is 3. The van der Waals surface area contributed by atoms with Crippen molar-refractivity contribution in [1.29, 1.82) is 0 Å². The fourth-order valence-electron chi connectivity index (χ4n) is 5.43. The number of anilines is 2. The summed E-state index contributed by atoms with van der Waals surface area (Å²) in [5.41, 5.74) is 0.717. The maximum absolute atomic E-state index is 12.5. The van der Waals surface area contributed by atoms with Crippen LogP contribution in [0.1, 0.15) is 65.2 Å². The van der Waals surface area contributed by atoms with Gasteiger partial charge in [-0.25, -0.2) is 14.8 Å². The van der Waals surface area contributed by atoms with Crippen molar-refractivity contribution in [2.75, 3.05) is 23.7 Å². The minimum atomic E-state index is -0.883. The molecule has 3 aromatic rings. The van der Waals surface area contributed by atoms with Gasteiger partial charge in [-0.3, -0.25) is 14.9 Å². The first kappa shape index (κ1) is 27.1. The Bertz CT molecular complexity index is 1360. The van der Waals surface area contributed by atoms with E-state index in [1.54, 1.807) is 31.4 Å². The number of urea groups is 1. The fourth-order valence-corrected chi connectivity index (χ4v) is 6.45. The Kier molecular flexibility index (Phi) is 8.11. The number of hydrogen-bond donors (Lipinski definition) is 3. The Balaban J connectivity index is 1.17. The first-order valence-electron chi connectivity index (χ1n) is 13.8. The molecule has 1 aromatic carbocycles. The number of fused-ring (bicyclic) bond motifs is 1. The SMILES string of the molecule is CC1(C)C(=O)NC(=O)N1CCNc1nccc(-c2cc3cc(NC(=O)CCCC4CCCCC4)ccc3s2)n1.